The van der Waals surface area contributed by atoms with Gasteiger partial charge >= 0.3 is 0 Å². The highest BCUT2D eigenvalue weighted by Gasteiger charge is 2.31. The molecule has 4 rings (SSSR count). The molecule has 2 atom stereocenters. The smallest absolute Gasteiger partial charge is 0.240 e. The Kier molecular flexibility index (Phi) is 5.02. The molecule has 0 bridgehead atoms. The number of benzene rings is 2. The van der Waals surface area contributed by atoms with E-state index in [9.17, 15) is 19.4 Å². The average molecular weight is 383 g/mol. The first-order valence-corrected chi connectivity index (χ1v) is 9.26. The van der Waals surface area contributed by atoms with Crippen LogP contribution in [0.5, 0.6) is 5.75 Å². The van der Waals surface area contributed by atoms with Gasteiger partial charge < -0.3 is 25.4 Å². The van der Waals surface area contributed by atoms with Crippen LogP contribution in [0.1, 0.15) is 23.7 Å². The molecule has 0 saturated carbocycles. The summed E-state index contributed by atoms with van der Waals surface area (Å²) in [6.07, 6.45) is 1.56. The Balaban J connectivity index is 1.36. The minimum Gasteiger partial charge on any atom is -0.508 e. The summed E-state index contributed by atoms with van der Waals surface area (Å²) in [4.78, 5) is 17.4. The van der Waals surface area contributed by atoms with Gasteiger partial charge in [-0.3, -0.25) is 4.79 Å². The Labute approximate surface area is 161 Å². The summed E-state index contributed by atoms with van der Waals surface area (Å²) in [5, 5.41) is 24.1. The number of nitrogens with one attached hydrogen (secondary N) is 2. The molecule has 28 heavy (non-hydrogen) atoms. The van der Waals surface area contributed by atoms with Gasteiger partial charge in [0.15, 0.2) is 0 Å². The van der Waals surface area contributed by atoms with Crippen LogP contribution in [0.25, 0.3) is 10.9 Å². The summed E-state index contributed by atoms with van der Waals surface area (Å²) in [5.74, 6) is -0.181. The molecule has 1 aromatic heterocycles. The van der Waals surface area contributed by atoms with Gasteiger partial charge in [-0.25, -0.2) is 4.39 Å². The predicted octanol–water partition coefficient (Wildman–Crippen LogP) is 2.44. The third-order valence-corrected chi connectivity index (χ3v) is 5.20. The van der Waals surface area contributed by atoms with Crippen molar-refractivity contribution in [2.75, 3.05) is 13.1 Å². The van der Waals surface area contributed by atoms with E-state index in [0.29, 0.717) is 25.1 Å². The van der Waals surface area contributed by atoms with Crippen LogP contribution in [0.2, 0.25) is 0 Å². The van der Waals surface area contributed by atoms with Crippen LogP contribution >= 0.6 is 0 Å². The zero-order valence-electron chi connectivity index (χ0n) is 15.2. The number of fused-ring (bicyclic) bond motifs is 1. The number of aliphatic hydroxyl groups excluding tert-OH is 1. The average Bonchev–Trinajstić information content (AvgIpc) is 3.25. The first-order valence-electron chi connectivity index (χ1n) is 9.26. The van der Waals surface area contributed by atoms with Crippen molar-refractivity contribution in [1.82, 2.24) is 15.2 Å². The number of nitrogens with zero attached hydrogens (tertiary/aromatic N) is 1. The highest BCUT2D eigenvalue weighted by molar-refractivity contribution is 5.85. The van der Waals surface area contributed by atoms with E-state index in [2.05, 4.69) is 10.3 Å². The highest BCUT2D eigenvalue weighted by atomic mass is 19.1. The number of carbonyl (C=O) groups is 1. The highest BCUT2D eigenvalue weighted by Crippen LogP contribution is 2.27. The summed E-state index contributed by atoms with van der Waals surface area (Å²) in [5.41, 5.74) is 2.38. The zero-order valence-corrected chi connectivity index (χ0v) is 15.2. The first kappa shape index (κ1) is 18.5. The lowest BCUT2D eigenvalue weighted by Crippen LogP contribution is -2.39. The maximum Gasteiger partial charge on any atom is 0.240 e. The molecule has 4 N–H and O–H groups in total. The van der Waals surface area contributed by atoms with Crippen molar-refractivity contribution in [3.05, 3.63) is 65.6 Å². The SMILES string of the molecule is O=C1C(NCC(O)c2c[nH]c3ccc(O)cc23)CCN1Cc1ccc(F)cc1. The standard InChI is InChI=1S/C21H22FN3O3/c22-14-3-1-13(2-4-14)12-25-8-7-19(21(25)28)24-11-20(27)17-10-23-18-6-5-15(26)9-16(17)18/h1-6,9-10,19-20,23-24,26-27H,7-8,11-12H2. The summed E-state index contributed by atoms with van der Waals surface area (Å²) in [6, 6.07) is 10.7. The number of hydrogen-bond acceptors (Lipinski definition) is 4. The van der Waals surface area contributed by atoms with Gasteiger partial charge in [-0.2, -0.15) is 0 Å². The molecule has 2 heterocycles. The number of rotatable bonds is 6. The van der Waals surface area contributed by atoms with E-state index in [-0.39, 0.29) is 30.1 Å². The number of aliphatic hydroxyl groups is 1. The van der Waals surface area contributed by atoms with E-state index < -0.39 is 6.10 Å². The van der Waals surface area contributed by atoms with Gasteiger partial charge in [0.05, 0.1) is 12.1 Å². The second-order valence-electron chi connectivity index (χ2n) is 7.13. The number of aromatic nitrogens is 1. The summed E-state index contributed by atoms with van der Waals surface area (Å²) >= 11 is 0. The fraction of sp³-hybridized carbons (Fsp3) is 0.286. The molecule has 1 fully saturated rings. The van der Waals surface area contributed by atoms with Gasteiger partial charge in [0, 0.05) is 42.3 Å². The fourth-order valence-corrected chi connectivity index (χ4v) is 3.67. The zero-order chi connectivity index (χ0) is 19.7. The Bertz CT molecular complexity index is 986. The number of amides is 1. The van der Waals surface area contributed by atoms with Crippen molar-refractivity contribution < 1.29 is 19.4 Å². The number of likely N-dealkylation sites (tertiary alicyclic amines) is 1. The Morgan fingerprint density at radius 2 is 2.04 bits per heavy atom. The van der Waals surface area contributed by atoms with E-state index >= 15 is 0 Å². The number of phenols is 1. The van der Waals surface area contributed by atoms with Gasteiger partial charge in [-0.15, -0.1) is 0 Å². The second-order valence-corrected chi connectivity index (χ2v) is 7.13. The number of aromatic hydroxyl groups is 1. The van der Waals surface area contributed by atoms with Gasteiger partial charge in [-0.1, -0.05) is 12.1 Å². The van der Waals surface area contributed by atoms with E-state index in [0.717, 1.165) is 16.5 Å². The maximum atomic E-state index is 13.0. The Morgan fingerprint density at radius 1 is 1.25 bits per heavy atom. The van der Waals surface area contributed by atoms with Crippen molar-refractivity contribution in [3.63, 3.8) is 0 Å². The van der Waals surface area contributed by atoms with E-state index in [4.69, 9.17) is 0 Å². The third-order valence-electron chi connectivity index (χ3n) is 5.20. The quantitative estimate of drug-likeness (QED) is 0.526. The molecule has 1 saturated heterocycles. The lowest BCUT2D eigenvalue weighted by molar-refractivity contribution is -0.130. The number of H-pyrrole nitrogens is 1. The second kappa shape index (κ2) is 7.61. The summed E-state index contributed by atoms with van der Waals surface area (Å²) in [7, 11) is 0. The molecule has 6 nitrogen and oxygen atoms in total. The van der Waals surface area contributed by atoms with Crippen LogP contribution in [-0.2, 0) is 11.3 Å². The molecule has 7 heteroatoms. The van der Waals surface area contributed by atoms with Gasteiger partial charge in [-0.05, 0) is 42.3 Å². The lowest BCUT2D eigenvalue weighted by atomic mass is 10.1. The Morgan fingerprint density at radius 3 is 2.82 bits per heavy atom. The molecule has 2 aromatic carbocycles. The minimum absolute atomic E-state index is 0.0203. The van der Waals surface area contributed by atoms with Crippen molar-refractivity contribution in [1.29, 1.82) is 0 Å². The lowest BCUT2D eigenvalue weighted by Gasteiger charge is -2.18. The van der Waals surface area contributed by atoms with Crippen molar-refractivity contribution in [2.45, 2.75) is 25.1 Å². The van der Waals surface area contributed by atoms with E-state index in [1.807, 2.05) is 0 Å². The molecule has 0 aliphatic carbocycles. The number of aromatic amines is 1. The molecule has 0 radical (unpaired) electrons. The van der Waals surface area contributed by atoms with Gasteiger partial charge in [0.1, 0.15) is 11.6 Å². The van der Waals surface area contributed by atoms with Gasteiger partial charge in [0.2, 0.25) is 5.91 Å². The van der Waals surface area contributed by atoms with Crippen LogP contribution in [0, 0.1) is 5.82 Å². The number of phenolic OH excluding ortho intramolecular Hbond substituents is 1. The van der Waals surface area contributed by atoms with Crippen LogP contribution in [0.4, 0.5) is 4.39 Å². The van der Waals surface area contributed by atoms with Crippen molar-refractivity contribution >= 4 is 16.8 Å². The first-order chi connectivity index (χ1) is 13.5. The topological polar surface area (TPSA) is 88.6 Å². The van der Waals surface area contributed by atoms with Crippen LogP contribution in [0.15, 0.2) is 48.7 Å². The molecule has 0 spiro atoms. The van der Waals surface area contributed by atoms with Crippen molar-refractivity contribution in [3.8, 4) is 5.75 Å². The molecule has 1 aliphatic heterocycles. The number of carbonyl (C=O) groups excluding carboxylic acids is 1. The molecular formula is C21H22FN3O3. The van der Waals surface area contributed by atoms with E-state index in [1.54, 1.807) is 41.4 Å². The van der Waals surface area contributed by atoms with Crippen LogP contribution in [-0.4, -0.2) is 45.1 Å². The fourth-order valence-electron chi connectivity index (χ4n) is 3.67. The molecular weight excluding hydrogens is 361 g/mol. The Hall–Kier alpha value is -2.90. The normalized spacial score (nSPS) is 18.1. The van der Waals surface area contributed by atoms with E-state index in [1.165, 1.54) is 12.1 Å². The monoisotopic (exact) mass is 383 g/mol. The number of halogens is 1. The predicted molar refractivity (Wildman–Crippen MR) is 103 cm³/mol. The van der Waals surface area contributed by atoms with Gasteiger partial charge in [0.25, 0.3) is 0 Å². The third kappa shape index (κ3) is 3.72. The maximum absolute atomic E-state index is 13.0. The van der Waals surface area contributed by atoms with Crippen LogP contribution < -0.4 is 5.32 Å². The summed E-state index contributed by atoms with van der Waals surface area (Å²) < 4.78 is 13.0. The minimum atomic E-state index is -0.811. The molecule has 2 unspecified atom stereocenters. The largest absolute Gasteiger partial charge is 0.508 e. The number of hydrogen-bond donors (Lipinski definition) is 4. The molecule has 3 aromatic rings. The van der Waals surface area contributed by atoms with Crippen LogP contribution in [0.3, 0.4) is 0 Å². The summed E-state index contributed by atoms with van der Waals surface area (Å²) in [6.45, 7) is 1.29. The van der Waals surface area contributed by atoms with Crippen molar-refractivity contribution in [2.24, 2.45) is 0 Å². The molecule has 1 amide bonds. The molecule has 146 valence electrons. The molecule has 1 aliphatic rings.